The lowest BCUT2D eigenvalue weighted by molar-refractivity contribution is 1.18. The standard InChI is InChI=1S/C50H32N2S/c1-3-13-33(14-4-1)43-32-39(29-35-16-8-9-19-40(35)43)51(38-25-28-48-45(31-38)50-41-20-10-7-15-34(41)23-27-49(50)53-48)37-24-26-47-44(30-37)42-21-11-12-22-46(42)52(47)36-17-5-2-6-18-36/h1-32H. The summed E-state index contributed by atoms with van der Waals surface area (Å²) in [5.74, 6) is 0. The van der Waals surface area contributed by atoms with Gasteiger partial charge in [0, 0.05) is 53.7 Å². The van der Waals surface area contributed by atoms with Crippen LogP contribution in [0.3, 0.4) is 0 Å². The van der Waals surface area contributed by atoms with Gasteiger partial charge in [-0.2, -0.15) is 0 Å². The highest BCUT2D eigenvalue weighted by Gasteiger charge is 2.20. The zero-order valence-electron chi connectivity index (χ0n) is 28.8. The molecule has 0 bridgehead atoms. The van der Waals surface area contributed by atoms with Gasteiger partial charge in [0.2, 0.25) is 0 Å². The van der Waals surface area contributed by atoms with Crippen LogP contribution in [0.25, 0.3) is 80.3 Å². The van der Waals surface area contributed by atoms with Crippen molar-refractivity contribution in [1.82, 2.24) is 4.57 Å². The fourth-order valence-corrected chi connectivity index (χ4v) is 9.46. The first kappa shape index (κ1) is 30.0. The molecule has 9 aromatic carbocycles. The molecule has 0 radical (unpaired) electrons. The van der Waals surface area contributed by atoms with Crippen molar-refractivity contribution >= 4 is 91.9 Å². The number of hydrogen-bond donors (Lipinski definition) is 0. The first-order chi connectivity index (χ1) is 26.3. The molecule has 2 nitrogen and oxygen atoms in total. The molecule has 0 aliphatic heterocycles. The van der Waals surface area contributed by atoms with Gasteiger partial charge in [-0.3, -0.25) is 0 Å². The Morgan fingerprint density at radius 1 is 0.377 bits per heavy atom. The fraction of sp³-hybridized carbons (Fsp3) is 0. The quantitative estimate of drug-likeness (QED) is 0.174. The van der Waals surface area contributed by atoms with Crippen LogP contribution in [0.1, 0.15) is 0 Å². The van der Waals surface area contributed by atoms with E-state index < -0.39 is 0 Å². The second kappa shape index (κ2) is 11.9. The van der Waals surface area contributed by atoms with Gasteiger partial charge in [0.15, 0.2) is 0 Å². The zero-order chi connectivity index (χ0) is 34.9. The van der Waals surface area contributed by atoms with E-state index in [0.29, 0.717) is 0 Å². The maximum Gasteiger partial charge on any atom is 0.0542 e. The van der Waals surface area contributed by atoms with E-state index in [1.54, 1.807) is 0 Å². The van der Waals surface area contributed by atoms with Crippen LogP contribution in [-0.2, 0) is 0 Å². The summed E-state index contributed by atoms with van der Waals surface area (Å²) in [6.45, 7) is 0. The van der Waals surface area contributed by atoms with E-state index in [1.807, 2.05) is 11.3 Å². The Morgan fingerprint density at radius 3 is 1.83 bits per heavy atom. The molecule has 0 N–H and O–H groups in total. The Kier molecular flexibility index (Phi) is 6.76. The number of thiophene rings is 1. The second-order valence-electron chi connectivity index (χ2n) is 13.7. The molecular formula is C50H32N2S. The summed E-state index contributed by atoms with van der Waals surface area (Å²) in [5.41, 5.74) is 9.35. The van der Waals surface area contributed by atoms with Gasteiger partial charge in [-0.15, -0.1) is 11.3 Å². The Labute approximate surface area is 311 Å². The van der Waals surface area contributed by atoms with Crippen molar-refractivity contribution in [3.05, 3.63) is 194 Å². The van der Waals surface area contributed by atoms with Crippen LogP contribution in [0.4, 0.5) is 17.1 Å². The lowest BCUT2D eigenvalue weighted by atomic mass is 9.96. The van der Waals surface area contributed by atoms with Crippen molar-refractivity contribution in [1.29, 1.82) is 0 Å². The van der Waals surface area contributed by atoms with E-state index in [4.69, 9.17) is 0 Å². The molecule has 0 fully saturated rings. The minimum Gasteiger partial charge on any atom is -0.310 e. The number of nitrogens with zero attached hydrogens (tertiary/aromatic N) is 2. The van der Waals surface area contributed by atoms with Gasteiger partial charge in [-0.1, -0.05) is 121 Å². The lowest BCUT2D eigenvalue weighted by Crippen LogP contribution is -2.10. The molecule has 0 aliphatic carbocycles. The third-order valence-corrected chi connectivity index (χ3v) is 11.9. The van der Waals surface area contributed by atoms with Crippen LogP contribution in [-0.4, -0.2) is 4.57 Å². The molecule has 53 heavy (non-hydrogen) atoms. The highest BCUT2D eigenvalue weighted by Crippen LogP contribution is 2.46. The molecule has 0 saturated carbocycles. The van der Waals surface area contributed by atoms with Gasteiger partial charge in [-0.25, -0.2) is 0 Å². The minimum absolute atomic E-state index is 1.12. The molecule has 0 saturated heterocycles. The van der Waals surface area contributed by atoms with Crippen molar-refractivity contribution in [3.8, 4) is 16.8 Å². The van der Waals surface area contributed by atoms with Crippen molar-refractivity contribution in [3.63, 3.8) is 0 Å². The van der Waals surface area contributed by atoms with Gasteiger partial charge in [0.1, 0.15) is 0 Å². The highest BCUT2D eigenvalue weighted by atomic mass is 32.1. The van der Waals surface area contributed by atoms with Crippen molar-refractivity contribution in [2.45, 2.75) is 0 Å². The summed E-state index contributed by atoms with van der Waals surface area (Å²) >= 11 is 1.87. The normalized spacial score (nSPS) is 11.8. The smallest absolute Gasteiger partial charge is 0.0542 e. The Bertz CT molecular complexity index is 3170. The third-order valence-electron chi connectivity index (χ3n) is 10.7. The molecule has 248 valence electrons. The molecule has 0 spiro atoms. The molecule has 0 unspecified atom stereocenters. The summed E-state index contributed by atoms with van der Waals surface area (Å²) in [6.07, 6.45) is 0. The van der Waals surface area contributed by atoms with Crippen LogP contribution in [0.15, 0.2) is 194 Å². The average molecular weight is 693 g/mol. The maximum atomic E-state index is 2.46. The van der Waals surface area contributed by atoms with Crippen LogP contribution in [0, 0.1) is 0 Å². The van der Waals surface area contributed by atoms with Crippen LogP contribution in [0.5, 0.6) is 0 Å². The van der Waals surface area contributed by atoms with Crippen LogP contribution in [0.2, 0.25) is 0 Å². The van der Waals surface area contributed by atoms with Crippen LogP contribution >= 0.6 is 11.3 Å². The summed E-state index contributed by atoms with van der Waals surface area (Å²) in [4.78, 5) is 2.46. The first-order valence-corrected chi connectivity index (χ1v) is 18.9. The fourth-order valence-electron chi connectivity index (χ4n) is 8.36. The topological polar surface area (TPSA) is 8.17 Å². The average Bonchev–Trinajstić information content (AvgIpc) is 3.77. The minimum atomic E-state index is 1.12. The maximum absolute atomic E-state index is 2.46. The zero-order valence-corrected chi connectivity index (χ0v) is 29.6. The van der Waals surface area contributed by atoms with E-state index >= 15 is 0 Å². The van der Waals surface area contributed by atoms with Crippen molar-refractivity contribution in [2.24, 2.45) is 0 Å². The molecule has 11 rings (SSSR count). The van der Waals surface area contributed by atoms with Crippen molar-refractivity contribution < 1.29 is 0 Å². The van der Waals surface area contributed by atoms with Gasteiger partial charge in [-0.05, 0) is 105 Å². The Morgan fingerprint density at radius 2 is 1.00 bits per heavy atom. The number of fused-ring (bicyclic) bond motifs is 9. The molecule has 0 atom stereocenters. The van der Waals surface area contributed by atoms with E-state index in [2.05, 4.69) is 204 Å². The number of anilines is 3. The Balaban J connectivity index is 1.21. The predicted octanol–water partition coefficient (Wildman–Crippen LogP) is 14.6. The third kappa shape index (κ3) is 4.78. The first-order valence-electron chi connectivity index (χ1n) is 18.1. The predicted molar refractivity (Wildman–Crippen MR) is 229 cm³/mol. The SMILES string of the molecule is c1ccc(-c2cc(N(c3ccc4sc5ccc6ccccc6c5c4c3)c3ccc4c(c3)c3ccccc3n4-c3ccccc3)cc3ccccc23)cc1. The van der Waals surface area contributed by atoms with E-state index in [-0.39, 0.29) is 0 Å². The van der Waals surface area contributed by atoms with E-state index in [0.717, 1.165) is 22.7 Å². The molecular weight excluding hydrogens is 661 g/mol. The van der Waals surface area contributed by atoms with Gasteiger partial charge in [0.25, 0.3) is 0 Å². The second-order valence-corrected chi connectivity index (χ2v) is 14.8. The molecule has 3 heteroatoms. The number of para-hydroxylation sites is 2. The lowest BCUT2D eigenvalue weighted by Gasteiger charge is -2.27. The summed E-state index contributed by atoms with van der Waals surface area (Å²) in [5, 5.41) is 10.1. The van der Waals surface area contributed by atoms with Gasteiger partial charge in [0.05, 0.1) is 11.0 Å². The van der Waals surface area contributed by atoms with E-state index in [1.165, 1.54) is 74.6 Å². The van der Waals surface area contributed by atoms with Gasteiger partial charge < -0.3 is 9.47 Å². The summed E-state index contributed by atoms with van der Waals surface area (Å²) in [6, 6.07) is 71.1. The molecule has 2 aromatic heterocycles. The number of benzene rings is 9. The molecule has 0 aliphatic rings. The largest absolute Gasteiger partial charge is 0.310 e. The van der Waals surface area contributed by atoms with Gasteiger partial charge >= 0.3 is 0 Å². The van der Waals surface area contributed by atoms with E-state index in [9.17, 15) is 0 Å². The number of aromatic nitrogens is 1. The highest BCUT2D eigenvalue weighted by molar-refractivity contribution is 7.26. The number of hydrogen-bond acceptors (Lipinski definition) is 2. The monoisotopic (exact) mass is 692 g/mol. The Hall–Kier alpha value is -6.68. The van der Waals surface area contributed by atoms with Crippen LogP contribution < -0.4 is 4.90 Å². The summed E-state index contributed by atoms with van der Waals surface area (Å²) < 4.78 is 5.00. The van der Waals surface area contributed by atoms with Crippen molar-refractivity contribution in [2.75, 3.05) is 4.90 Å². The molecule has 11 aromatic rings. The molecule has 0 amide bonds. The molecule has 2 heterocycles. The summed E-state index contributed by atoms with van der Waals surface area (Å²) in [7, 11) is 0. The number of rotatable bonds is 5.